The van der Waals surface area contributed by atoms with Crippen LogP contribution < -0.4 is 5.32 Å². The van der Waals surface area contributed by atoms with E-state index in [9.17, 15) is 0 Å². The Labute approximate surface area is 92.5 Å². The highest BCUT2D eigenvalue weighted by Crippen LogP contribution is 2.26. The average Bonchev–Trinajstić information content (AvgIpc) is 2.28. The molecule has 2 N–H and O–H groups in total. The Balaban J connectivity index is 2.65. The van der Waals surface area contributed by atoms with Crippen molar-refractivity contribution in [3.05, 3.63) is 27.5 Å². The molecule has 15 heavy (non-hydrogen) atoms. The SMILES string of the molecule is N#Cc1c(Cl)c(CO)nc2c1CNCC2. The molecule has 0 fully saturated rings. The van der Waals surface area contributed by atoms with Crippen molar-refractivity contribution < 1.29 is 5.11 Å². The van der Waals surface area contributed by atoms with Gasteiger partial charge in [0.15, 0.2) is 0 Å². The van der Waals surface area contributed by atoms with Crippen LogP contribution in [0, 0.1) is 11.3 Å². The molecule has 2 heterocycles. The number of halogens is 1. The van der Waals surface area contributed by atoms with Crippen LogP contribution in [0.1, 0.15) is 22.5 Å². The summed E-state index contributed by atoms with van der Waals surface area (Å²) < 4.78 is 0. The van der Waals surface area contributed by atoms with Gasteiger partial charge < -0.3 is 10.4 Å². The van der Waals surface area contributed by atoms with E-state index >= 15 is 0 Å². The summed E-state index contributed by atoms with van der Waals surface area (Å²) in [5.41, 5.74) is 2.58. The van der Waals surface area contributed by atoms with E-state index in [1.165, 1.54) is 0 Å². The first-order chi connectivity index (χ1) is 7.27. The van der Waals surface area contributed by atoms with Gasteiger partial charge in [-0.1, -0.05) is 11.6 Å². The molecule has 2 rings (SSSR count). The molecule has 0 atom stereocenters. The Morgan fingerprint density at radius 1 is 1.60 bits per heavy atom. The van der Waals surface area contributed by atoms with Gasteiger partial charge in [-0.3, -0.25) is 4.98 Å². The molecule has 1 aliphatic rings. The molecular weight excluding hydrogens is 214 g/mol. The molecule has 0 radical (unpaired) electrons. The molecule has 0 spiro atoms. The van der Waals surface area contributed by atoms with Crippen LogP contribution >= 0.6 is 11.6 Å². The molecular formula is C10H10ClN3O. The highest BCUT2D eigenvalue weighted by Gasteiger charge is 2.19. The van der Waals surface area contributed by atoms with Crippen LogP contribution in [0.2, 0.25) is 5.02 Å². The molecule has 0 saturated carbocycles. The fourth-order valence-electron chi connectivity index (χ4n) is 1.74. The zero-order valence-corrected chi connectivity index (χ0v) is 8.80. The fraction of sp³-hybridized carbons (Fsp3) is 0.400. The number of nitrogens with one attached hydrogen (secondary N) is 1. The van der Waals surface area contributed by atoms with Gasteiger partial charge in [0.05, 0.1) is 22.9 Å². The molecule has 0 amide bonds. The highest BCUT2D eigenvalue weighted by atomic mass is 35.5. The van der Waals surface area contributed by atoms with Gasteiger partial charge in [-0.15, -0.1) is 0 Å². The van der Waals surface area contributed by atoms with Gasteiger partial charge in [-0.2, -0.15) is 5.26 Å². The lowest BCUT2D eigenvalue weighted by molar-refractivity contribution is 0.276. The number of hydrogen-bond donors (Lipinski definition) is 2. The van der Waals surface area contributed by atoms with E-state index in [0.29, 0.717) is 17.8 Å². The Morgan fingerprint density at radius 2 is 2.40 bits per heavy atom. The third kappa shape index (κ3) is 1.70. The molecule has 4 nitrogen and oxygen atoms in total. The zero-order chi connectivity index (χ0) is 10.8. The van der Waals surface area contributed by atoms with E-state index in [2.05, 4.69) is 16.4 Å². The van der Waals surface area contributed by atoms with Crippen LogP contribution in [-0.4, -0.2) is 16.6 Å². The van der Waals surface area contributed by atoms with E-state index in [0.717, 1.165) is 24.2 Å². The van der Waals surface area contributed by atoms with E-state index in [1.807, 2.05) is 0 Å². The van der Waals surface area contributed by atoms with Crippen LogP contribution in [0.5, 0.6) is 0 Å². The summed E-state index contributed by atoms with van der Waals surface area (Å²) in [7, 11) is 0. The number of pyridine rings is 1. The van der Waals surface area contributed by atoms with Gasteiger partial charge in [0, 0.05) is 30.8 Å². The lowest BCUT2D eigenvalue weighted by Crippen LogP contribution is -2.26. The number of fused-ring (bicyclic) bond motifs is 1. The van der Waals surface area contributed by atoms with Crippen molar-refractivity contribution in [1.82, 2.24) is 10.3 Å². The number of rotatable bonds is 1. The summed E-state index contributed by atoms with van der Waals surface area (Å²) in [6.45, 7) is 1.24. The number of nitrogens with zero attached hydrogens (tertiary/aromatic N) is 2. The summed E-state index contributed by atoms with van der Waals surface area (Å²) >= 11 is 5.97. The van der Waals surface area contributed by atoms with Crippen LogP contribution in [0.25, 0.3) is 0 Å². The molecule has 1 aromatic heterocycles. The van der Waals surface area contributed by atoms with Gasteiger partial charge in [0.2, 0.25) is 0 Å². The van der Waals surface area contributed by atoms with Crippen molar-refractivity contribution in [2.75, 3.05) is 6.54 Å². The molecule has 0 unspecified atom stereocenters. The summed E-state index contributed by atoms with van der Waals surface area (Å²) in [6.07, 6.45) is 0.772. The first kappa shape index (κ1) is 10.4. The summed E-state index contributed by atoms with van der Waals surface area (Å²) in [6, 6.07) is 2.08. The van der Waals surface area contributed by atoms with E-state index in [1.54, 1.807) is 0 Å². The Morgan fingerprint density at radius 3 is 3.07 bits per heavy atom. The van der Waals surface area contributed by atoms with Crippen LogP contribution in [0.3, 0.4) is 0 Å². The maximum atomic E-state index is 9.07. The molecule has 78 valence electrons. The van der Waals surface area contributed by atoms with Crippen molar-refractivity contribution >= 4 is 11.6 Å². The van der Waals surface area contributed by atoms with Crippen molar-refractivity contribution in [1.29, 1.82) is 5.26 Å². The third-order valence-electron chi connectivity index (χ3n) is 2.49. The minimum atomic E-state index is -0.228. The predicted octanol–water partition coefficient (Wildman–Crippen LogP) is 0.745. The number of hydrogen-bond acceptors (Lipinski definition) is 4. The van der Waals surface area contributed by atoms with Crippen LogP contribution in [-0.2, 0) is 19.6 Å². The molecule has 5 heteroatoms. The lowest BCUT2D eigenvalue weighted by atomic mass is 10.0. The summed E-state index contributed by atoms with van der Waals surface area (Å²) in [5, 5.41) is 21.5. The molecule has 0 bridgehead atoms. The van der Waals surface area contributed by atoms with Gasteiger partial charge in [0.25, 0.3) is 0 Å². The quantitative estimate of drug-likeness (QED) is 0.737. The maximum Gasteiger partial charge on any atom is 0.101 e. The Hall–Kier alpha value is -1.15. The summed E-state index contributed by atoms with van der Waals surface area (Å²) in [5.74, 6) is 0. The minimum absolute atomic E-state index is 0.228. The number of nitriles is 1. The summed E-state index contributed by atoms with van der Waals surface area (Å²) in [4.78, 5) is 4.27. The van der Waals surface area contributed by atoms with Gasteiger partial charge in [-0.25, -0.2) is 0 Å². The van der Waals surface area contributed by atoms with E-state index < -0.39 is 0 Å². The molecule has 0 aliphatic carbocycles. The van der Waals surface area contributed by atoms with Crippen molar-refractivity contribution in [3.63, 3.8) is 0 Å². The number of aromatic nitrogens is 1. The Bertz CT molecular complexity index is 439. The van der Waals surface area contributed by atoms with Gasteiger partial charge >= 0.3 is 0 Å². The highest BCUT2D eigenvalue weighted by molar-refractivity contribution is 6.32. The smallest absolute Gasteiger partial charge is 0.101 e. The second kappa shape index (κ2) is 4.15. The fourth-order valence-corrected chi connectivity index (χ4v) is 2.00. The largest absolute Gasteiger partial charge is 0.390 e. The normalized spacial score (nSPS) is 14.5. The second-order valence-corrected chi connectivity index (χ2v) is 3.75. The standard InChI is InChI=1S/C10H10ClN3O/c11-10-6(3-12)7-4-13-2-1-8(7)14-9(10)5-15/h13,15H,1-2,4-5H2. The van der Waals surface area contributed by atoms with Crippen LogP contribution in [0.15, 0.2) is 0 Å². The molecule has 1 aromatic rings. The topological polar surface area (TPSA) is 68.9 Å². The lowest BCUT2D eigenvalue weighted by Gasteiger charge is -2.19. The third-order valence-corrected chi connectivity index (χ3v) is 2.90. The van der Waals surface area contributed by atoms with Crippen molar-refractivity contribution in [3.8, 4) is 6.07 Å². The predicted molar refractivity (Wildman–Crippen MR) is 55.3 cm³/mol. The van der Waals surface area contributed by atoms with Gasteiger partial charge in [-0.05, 0) is 0 Å². The first-order valence-corrected chi connectivity index (χ1v) is 5.07. The number of aliphatic hydroxyl groups is 1. The van der Waals surface area contributed by atoms with Crippen molar-refractivity contribution in [2.45, 2.75) is 19.6 Å². The molecule has 0 aromatic carbocycles. The van der Waals surface area contributed by atoms with E-state index in [-0.39, 0.29) is 11.6 Å². The van der Waals surface area contributed by atoms with E-state index in [4.69, 9.17) is 22.0 Å². The number of aliphatic hydroxyl groups excluding tert-OH is 1. The second-order valence-electron chi connectivity index (χ2n) is 3.37. The van der Waals surface area contributed by atoms with Gasteiger partial charge in [0.1, 0.15) is 6.07 Å². The Kier molecular flexibility index (Phi) is 2.87. The molecule has 0 saturated heterocycles. The average molecular weight is 224 g/mol. The first-order valence-electron chi connectivity index (χ1n) is 4.69. The van der Waals surface area contributed by atoms with Crippen molar-refractivity contribution in [2.24, 2.45) is 0 Å². The monoisotopic (exact) mass is 223 g/mol. The zero-order valence-electron chi connectivity index (χ0n) is 8.05. The maximum absolute atomic E-state index is 9.07. The minimum Gasteiger partial charge on any atom is -0.390 e. The van der Waals surface area contributed by atoms with Crippen LogP contribution in [0.4, 0.5) is 0 Å². The molecule has 1 aliphatic heterocycles.